The van der Waals surface area contributed by atoms with Gasteiger partial charge in [-0.2, -0.15) is 49.7 Å². The number of hydrogen-bond acceptors (Lipinski definition) is 28. The molecule has 0 atom stereocenters. The molecule has 6 aromatic heterocycles. The molecule has 6 heterocycles. The Kier molecular flexibility index (Phi) is 9.11. The van der Waals surface area contributed by atoms with Gasteiger partial charge in [-0.05, 0) is 6.08 Å². The molecule has 0 aliphatic heterocycles. The standard InChI is InChI=1S/C18H20N32/c1-3-4-22-32-11-27-9(35-37-11)29-13-41-45-18(46-42-13)50-8(20)26-16(48-50)34-24-6-5-23-33-12-28-10(36-38-12)30-14-39-43-17(44-40-14)49-7(19)25-15(47-49)31-21-2/h3-6H,1-2H2,(H3,19,25,31,47)(H3,20,26,34,48)(H3,27,29,32,35,37,41,42)(H3,28,30,33,36,38,39,40)/b22-4+,23-5+,24-6+. The van der Waals surface area contributed by atoms with E-state index in [2.05, 4.69) is 157 Å². The molecule has 0 saturated heterocycles. The van der Waals surface area contributed by atoms with E-state index in [-0.39, 0.29) is 71.4 Å². The van der Waals surface area contributed by atoms with Crippen LogP contribution in [0.15, 0.2) is 33.1 Å². The Morgan fingerprint density at radius 1 is 0.560 bits per heavy atom. The second-order valence-electron chi connectivity index (χ2n) is 8.40. The zero-order valence-corrected chi connectivity index (χ0v) is 24.7. The number of hydrogen-bond donors (Lipinski definition) is 10. The van der Waals surface area contributed by atoms with Crippen LogP contribution < -0.4 is 43.8 Å². The molecule has 0 saturated carbocycles. The van der Waals surface area contributed by atoms with Crippen molar-refractivity contribution in [2.75, 3.05) is 43.8 Å². The monoisotopic (exact) mass is 684 g/mol. The van der Waals surface area contributed by atoms with Crippen molar-refractivity contribution in [3.05, 3.63) is 12.7 Å². The van der Waals surface area contributed by atoms with Gasteiger partial charge >= 0.3 is 0 Å². The van der Waals surface area contributed by atoms with Crippen LogP contribution in [0.1, 0.15) is 0 Å². The highest BCUT2D eigenvalue weighted by Crippen LogP contribution is 2.13. The van der Waals surface area contributed by atoms with E-state index in [1.54, 1.807) is 0 Å². The Balaban J connectivity index is 0.955. The maximum atomic E-state index is 5.91. The van der Waals surface area contributed by atoms with E-state index in [9.17, 15) is 0 Å². The Morgan fingerprint density at radius 2 is 1.00 bits per heavy atom. The van der Waals surface area contributed by atoms with Gasteiger partial charge in [0.1, 0.15) is 0 Å². The molecule has 50 heavy (non-hydrogen) atoms. The third-order valence-corrected chi connectivity index (χ3v) is 5.08. The average molecular weight is 685 g/mol. The predicted octanol–water partition coefficient (Wildman–Crippen LogP) is -3.00. The number of nitrogens with two attached hydrogens (primary N) is 2. The number of allylic oxidation sites excluding steroid dienone is 1. The second kappa shape index (κ2) is 14.6. The van der Waals surface area contributed by atoms with E-state index in [1.807, 2.05) is 0 Å². The molecular weight excluding hydrogens is 664 g/mol. The van der Waals surface area contributed by atoms with E-state index in [0.717, 1.165) is 9.36 Å². The molecule has 32 nitrogen and oxygen atoms in total. The Morgan fingerprint density at radius 3 is 1.46 bits per heavy atom. The lowest BCUT2D eigenvalue weighted by atomic mass is 10.7. The van der Waals surface area contributed by atoms with Crippen LogP contribution in [0.5, 0.6) is 0 Å². The molecule has 6 aromatic rings. The van der Waals surface area contributed by atoms with Gasteiger partial charge in [0, 0.05) is 12.9 Å². The largest absolute Gasteiger partial charge is 0.368 e. The number of hydrazone groups is 4. The third kappa shape index (κ3) is 7.72. The molecule has 0 aliphatic carbocycles. The van der Waals surface area contributed by atoms with Crippen molar-refractivity contribution in [1.29, 1.82) is 0 Å². The topological polar surface area (TPSA) is 421 Å². The molecule has 0 aromatic carbocycles. The lowest BCUT2D eigenvalue weighted by molar-refractivity contribution is 0.739. The zero-order valence-electron chi connectivity index (χ0n) is 24.7. The van der Waals surface area contributed by atoms with Crippen LogP contribution >= 0.6 is 0 Å². The summed E-state index contributed by atoms with van der Waals surface area (Å²) in [5, 5.41) is 72.9. The number of nitrogen functional groups attached to an aromatic ring is 2. The fraction of sp³-hybridized carbons (Fsp3) is 0. The summed E-state index contributed by atoms with van der Waals surface area (Å²) in [6, 6.07) is 0. The van der Waals surface area contributed by atoms with E-state index >= 15 is 0 Å². The van der Waals surface area contributed by atoms with Crippen LogP contribution in [-0.4, -0.2) is 126 Å². The summed E-state index contributed by atoms with van der Waals surface area (Å²) in [5.41, 5.74) is 21.9. The molecule has 32 heteroatoms. The van der Waals surface area contributed by atoms with E-state index in [0.29, 0.717) is 0 Å². The Hall–Kier alpha value is -8.74. The first-order valence-corrected chi connectivity index (χ1v) is 13.2. The molecule has 0 amide bonds. The van der Waals surface area contributed by atoms with Gasteiger partial charge in [0.15, 0.2) is 0 Å². The van der Waals surface area contributed by atoms with Crippen LogP contribution in [0, 0.1) is 0 Å². The van der Waals surface area contributed by atoms with Gasteiger partial charge in [-0.15, -0.1) is 61.2 Å². The smallest absolute Gasteiger partial charge is 0.292 e. The Labute approximate surface area is 274 Å². The first kappa shape index (κ1) is 31.3. The number of aromatic nitrogens is 20. The van der Waals surface area contributed by atoms with Gasteiger partial charge < -0.3 is 11.5 Å². The lowest BCUT2D eigenvalue weighted by Gasteiger charge is -2.00. The number of anilines is 10. The molecule has 0 aliphatic rings. The summed E-state index contributed by atoms with van der Waals surface area (Å²) in [6.45, 7) is 6.78. The first-order chi connectivity index (χ1) is 24.5. The lowest BCUT2D eigenvalue weighted by Crippen LogP contribution is -2.11. The number of H-pyrrole nitrogens is 2. The second-order valence-corrected chi connectivity index (χ2v) is 8.40. The van der Waals surface area contributed by atoms with Gasteiger partial charge in [-0.3, -0.25) is 10.6 Å². The molecule has 0 spiro atoms. The van der Waals surface area contributed by atoms with E-state index in [1.165, 1.54) is 24.7 Å². The normalized spacial score (nSPS) is 11.3. The van der Waals surface area contributed by atoms with Gasteiger partial charge in [-0.1, -0.05) is 6.58 Å². The zero-order chi connectivity index (χ0) is 34.7. The van der Waals surface area contributed by atoms with Crippen molar-refractivity contribution in [3.63, 3.8) is 0 Å². The van der Waals surface area contributed by atoms with Gasteiger partial charge in [0.05, 0.1) is 12.4 Å². The average Bonchev–Trinajstić information content (AvgIpc) is 3.92. The number of rotatable bonds is 16. The molecular formula is C18H20N32. The fourth-order valence-electron chi connectivity index (χ4n) is 3.18. The van der Waals surface area contributed by atoms with Crippen molar-refractivity contribution < 1.29 is 0 Å². The molecule has 12 N–H and O–H groups in total. The highest BCUT2D eigenvalue weighted by molar-refractivity contribution is 6.16. The van der Waals surface area contributed by atoms with Crippen molar-refractivity contribution in [1.82, 2.24) is 101 Å². The molecule has 6 rings (SSSR count). The van der Waals surface area contributed by atoms with Crippen molar-refractivity contribution in [2.24, 2.45) is 20.4 Å². The van der Waals surface area contributed by atoms with Crippen LogP contribution in [0.2, 0.25) is 0 Å². The summed E-state index contributed by atoms with van der Waals surface area (Å²) in [6.07, 6.45) is 5.49. The number of nitrogens with one attached hydrogen (secondary N) is 8. The minimum absolute atomic E-state index is 0.00551. The minimum atomic E-state index is -0.0663. The van der Waals surface area contributed by atoms with Crippen molar-refractivity contribution in [2.45, 2.75) is 0 Å². The van der Waals surface area contributed by atoms with E-state index < -0.39 is 0 Å². The number of aromatic amines is 2. The van der Waals surface area contributed by atoms with Crippen LogP contribution in [0.25, 0.3) is 11.9 Å². The predicted molar refractivity (Wildman–Crippen MR) is 173 cm³/mol. The summed E-state index contributed by atoms with van der Waals surface area (Å²) < 4.78 is 2.19. The van der Waals surface area contributed by atoms with E-state index in [4.69, 9.17) is 11.5 Å². The van der Waals surface area contributed by atoms with Crippen LogP contribution in [0.3, 0.4) is 0 Å². The first-order valence-electron chi connectivity index (χ1n) is 13.2. The van der Waals surface area contributed by atoms with Gasteiger partial charge in [0.2, 0.25) is 23.8 Å². The molecule has 0 bridgehead atoms. The molecule has 0 fully saturated rings. The van der Waals surface area contributed by atoms with Gasteiger partial charge in [0.25, 0.3) is 47.6 Å². The highest BCUT2D eigenvalue weighted by atomic mass is 15.6. The maximum Gasteiger partial charge on any atom is 0.292 e. The highest BCUT2D eigenvalue weighted by Gasteiger charge is 2.14. The summed E-state index contributed by atoms with van der Waals surface area (Å²) in [5.74, 6) is 0.584. The fourth-order valence-corrected chi connectivity index (χ4v) is 3.18. The quantitative estimate of drug-likeness (QED) is 0.0358. The Bertz CT molecular complexity index is 2130. The maximum absolute atomic E-state index is 5.91. The van der Waals surface area contributed by atoms with Gasteiger partial charge in [-0.25, -0.2) is 31.9 Å². The third-order valence-electron chi connectivity index (χ3n) is 5.08. The summed E-state index contributed by atoms with van der Waals surface area (Å²) in [7, 11) is 0. The summed E-state index contributed by atoms with van der Waals surface area (Å²) >= 11 is 0. The molecule has 0 radical (unpaired) electrons. The molecule has 0 unspecified atom stereocenters. The SMILES string of the molecule is C=C/C=N/Nc1n[nH]c(Nc2nnc(-n3nc(N/N=C/C=N/Nc4n[nH]c(Nc5nnc(-n6nc(NN=C)nc6N)nn5)n4)nc3N)nn2)n1. The van der Waals surface area contributed by atoms with Crippen molar-refractivity contribution >= 4 is 84.8 Å². The minimum Gasteiger partial charge on any atom is -0.368 e. The summed E-state index contributed by atoms with van der Waals surface area (Å²) in [4.78, 5) is 16.1. The number of nitrogens with zero attached hydrogens (tertiary/aromatic N) is 22. The molecule has 252 valence electrons. The van der Waals surface area contributed by atoms with Crippen LogP contribution in [0.4, 0.5) is 59.5 Å². The van der Waals surface area contributed by atoms with Crippen LogP contribution in [-0.2, 0) is 0 Å². The van der Waals surface area contributed by atoms with Crippen molar-refractivity contribution in [3.8, 4) is 11.9 Å².